The van der Waals surface area contributed by atoms with Gasteiger partial charge in [-0.2, -0.15) is 0 Å². The van der Waals surface area contributed by atoms with E-state index in [1.54, 1.807) is 36.4 Å². The van der Waals surface area contributed by atoms with E-state index in [9.17, 15) is 14.4 Å². The zero-order valence-electron chi connectivity index (χ0n) is 18.9. The van der Waals surface area contributed by atoms with Crippen molar-refractivity contribution in [2.24, 2.45) is 5.92 Å². The lowest BCUT2D eigenvalue weighted by molar-refractivity contribution is -0.132. The highest BCUT2D eigenvalue weighted by atomic mass is 16.2. The summed E-state index contributed by atoms with van der Waals surface area (Å²) >= 11 is 0. The lowest BCUT2D eigenvalue weighted by atomic mass is 10.0. The van der Waals surface area contributed by atoms with Gasteiger partial charge in [0.1, 0.15) is 0 Å². The van der Waals surface area contributed by atoms with Crippen LogP contribution in [-0.2, 0) is 4.79 Å². The summed E-state index contributed by atoms with van der Waals surface area (Å²) in [7, 11) is 0. The predicted molar refractivity (Wildman–Crippen MR) is 132 cm³/mol. The summed E-state index contributed by atoms with van der Waals surface area (Å²) in [6, 6.07) is 23.6. The van der Waals surface area contributed by atoms with E-state index < -0.39 is 0 Å². The molecule has 0 unspecified atom stereocenters. The summed E-state index contributed by atoms with van der Waals surface area (Å²) < 4.78 is 0. The van der Waals surface area contributed by atoms with Gasteiger partial charge in [0.2, 0.25) is 5.91 Å². The maximum atomic E-state index is 12.7. The van der Waals surface area contributed by atoms with Crippen LogP contribution in [0.4, 0.5) is 11.4 Å². The van der Waals surface area contributed by atoms with Gasteiger partial charge >= 0.3 is 0 Å². The number of rotatable bonds is 6. The minimum Gasteiger partial charge on any atom is -0.368 e. The Hall–Kier alpha value is -3.93. The van der Waals surface area contributed by atoms with E-state index in [0.717, 1.165) is 44.7 Å². The first kappa shape index (κ1) is 21.9. The Morgan fingerprint density at radius 3 is 1.88 bits per heavy atom. The van der Waals surface area contributed by atoms with E-state index >= 15 is 0 Å². The average molecular weight is 454 g/mol. The molecule has 1 saturated heterocycles. The van der Waals surface area contributed by atoms with Crippen LogP contribution in [0.2, 0.25) is 0 Å². The lowest BCUT2D eigenvalue weighted by Crippen LogP contribution is -2.49. The van der Waals surface area contributed by atoms with E-state index in [0.29, 0.717) is 28.3 Å². The number of amides is 2. The minimum absolute atomic E-state index is 0.0493. The van der Waals surface area contributed by atoms with Gasteiger partial charge in [-0.15, -0.1) is 0 Å². The molecule has 6 heteroatoms. The van der Waals surface area contributed by atoms with Gasteiger partial charge in [0, 0.05) is 60.2 Å². The molecular weight excluding hydrogens is 426 g/mol. The molecule has 0 atom stereocenters. The summed E-state index contributed by atoms with van der Waals surface area (Å²) in [4.78, 5) is 41.7. The maximum absolute atomic E-state index is 12.7. The topological polar surface area (TPSA) is 69.7 Å². The van der Waals surface area contributed by atoms with Crippen molar-refractivity contribution < 1.29 is 14.4 Å². The van der Waals surface area contributed by atoms with Crippen LogP contribution < -0.4 is 10.2 Å². The summed E-state index contributed by atoms with van der Waals surface area (Å²) in [5.74, 6) is 0.328. The number of carbonyl (C=O) groups is 3. The fourth-order valence-corrected chi connectivity index (χ4v) is 4.26. The Labute approximate surface area is 199 Å². The summed E-state index contributed by atoms with van der Waals surface area (Å²) in [5.41, 5.74) is 3.47. The third-order valence-electron chi connectivity index (χ3n) is 6.45. The van der Waals surface area contributed by atoms with E-state index in [4.69, 9.17) is 0 Å². The molecule has 1 aliphatic carbocycles. The zero-order valence-corrected chi connectivity index (χ0v) is 18.9. The van der Waals surface area contributed by atoms with Gasteiger partial charge in [0.05, 0.1) is 0 Å². The molecule has 1 saturated carbocycles. The fraction of sp³-hybridized carbons (Fsp3) is 0.250. The molecule has 172 valence electrons. The molecule has 3 aromatic carbocycles. The number of ketones is 1. The first-order chi connectivity index (χ1) is 16.6. The van der Waals surface area contributed by atoms with E-state index in [2.05, 4.69) is 10.2 Å². The molecule has 0 aromatic heterocycles. The molecule has 1 heterocycles. The maximum Gasteiger partial charge on any atom is 0.255 e. The van der Waals surface area contributed by atoms with Crippen LogP contribution >= 0.6 is 0 Å². The van der Waals surface area contributed by atoms with Gasteiger partial charge in [0.15, 0.2) is 5.78 Å². The molecule has 0 radical (unpaired) electrons. The number of anilines is 2. The highest BCUT2D eigenvalue weighted by molar-refractivity contribution is 6.09. The van der Waals surface area contributed by atoms with Crippen molar-refractivity contribution in [2.45, 2.75) is 12.8 Å². The van der Waals surface area contributed by atoms with Crippen LogP contribution in [0.3, 0.4) is 0 Å². The molecule has 5 rings (SSSR count). The molecule has 2 fully saturated rings. The Kier molecular flexibility index (Phi) is 6.12. The lowest BCUT2D eigenvalue weighted by Gasteiger charge is -2.36. The SMILES string of the molecule is O=C(Nc1ccc(C(=O)c2ccccc2)cc1)c1ccc(N2CCN(C(=O)C3CC3)CC2)cc1. The molecule has 1 N–H and O–H groups in total. The van der Waals surface area contributed by atoms with Crippen molar-refractivity contribution in [1.82, 2.24) is 4.90 Å². The van der Waals surface area contributed by atoms with Crippen molar-refractivity contribution >= 4 is 29.0 Å². The highest BCUT2D eigenvalue weighted by Crippen LogP contribution is 2.31. The van der Waals surface area contributed by atoms with Gasteiger partial charge in [-0.3, -0.25) is 14.4 Å². The molecule has 0 bridgehead atoms. The number of carbonyl (C=O) groups excluding carboxylic acids is 3. The average Bonchev–Trinajstić information content (AvgIpc) is 3.75. The Morgan fingerprint density at radius 1 is 0.676 bits per heavy atom. The number of benzene rings is 3. The Balaban J connectivity index is 1.16. The number of piperazine rings is 1. The van der Waals surface area contributed by atoms with Gasteiger partial charge in [-0.25, -0.2) is 0 Å². The van der Waals surface area contributed by atoms with E-state index in [1.165, 1.54) is 0 Å². The second kappa shape index (κ2) is 9.51. The normalized spacial score (nSPS) is 15.6. The summed E-state index contributed by atoms with van der Waals surface area (Å²) in [5, 5.41) is 2.89. The number of nitrogens with zero attached hydrogens (tertiary/aromatic N) is 2. The van der Waals surface area contributed by atoms with Crippen molar-refractivity contribution in [1.29, 1.82) is 0 Å². The molecule has 34 heavy (non-hydrogen) atoms. The molecule has 2 amide bonds. The fourth-order valence-electron chi connectivity index (χ4n) is 4.26. The first-order valence-corrected chi connectivity index (χ1v) is 11.7. The molecule has 2 aliphatic rings. The zero-order chi connectivity index (χ0) is 23.5. The molecule has 3 aromatic rings. The van der Waals surface area contributed by atoms with Crippen molar-refractivity contribution in [3.63, 3.8) is 0 Å². The van der Waals surface area contributed by atoms with Crippen LogP contribution in [0, 0.1) is 5.92 Å². The monoisotopic (exact) mass is 453 g/mol. The number of hydrogen-bond donors (Lipinski definition) is 1. The van der Waals surface area contributed by atoms with Crippen LogP contribution in [0.1, 0.15) is 39.1 Å². The summed E-state index contributed by atoms with van der Waals surface area (Å²) in [6.07, 6.45) is 2.08. The standard InChI is InChI=1S/C28H27N3O3/c32-26(20-4-2-1-3-5-20)21-8-12-24(13-9-21)29-27(33)22-10-14-25(15-11-22)30-16-18-31(19-17-30)28(34)23-6-7-23/h1-5,8-15,23H,6-7,16-19H2,(H,29,33). The third-order valence-corrected chi connectivity index (χ3v) is 6.45. The molecule has 0 spiro atoms. The van der Waals surface area contributed by atoms with Crippen molar-refractivity contribution in [3.05, 3.63) is 95.6 Å². The quantitative estimate of drug-likeness (QED) is 0.567. The molecule has 1 aliphatic heterocycles. The van der Waals surface area contributed by atoms with Crippen LogP contribution in [0.25, 0.3) is 0 Å². The Bertz CT molecular complexity index is 1180. The molecule has 6 nitrogen and oxygen atoms in total. The Morgan fingerprint density at radius 2 is 1.26 bits per heavy atom. The number of nitrogens with one attached hydrogen (secondary N) is 1. The van der Waals surface area contributed by atoms with Gasteiger partial charge in [0.25, 0.3) is 5.91 Å². The van der Waals surface area contributed by atoms with E-state index in [1.807, 2.05) is 47.4 Å². The minimum atomic E-state index is -0.200. The van der Waals surface area contributed by atoms with Crippen molar-refractivity contribution in [2.75, 3.05) is 36.4 Å². The largest absolute Gasteiger partial charge is 0.368 e. The first-order valence-electron chi connectivity index (χ1n) is 11.7. The van der Waals surface area contributed by atoms with Crippen LogP contribution in [-0.4, -0.2) is 48.7 Å². The van der Waals surface area contributed by atoms with E-state index in [-0.39, 0.29) is 17.6 Å². The van der Waals surface area contributed by atoms with Gasteiger partial charge in [-0.05, 0) is 61.4 Å². The highest BCUT2D eigenvalue weighted by Gasteiger charge is 2.34. The van der Waals surface area contributed by atoms with Gasteiger partial charge in [-0.1, -0.05) is 30.3 Å². The predicted octanol–water partition coefficient (Wildman–Crippen LogP) is 4.23. The third kappa shape index (κ3) is 4.86. The summed E-state index contributed by atoms with van der Waals surface area (Å²) in [6.45, 7) is 3.11. The van der Waals surface area contributed by atoms with Crippen LogP contribution in [0.5, 0.6) is 0 Å². The van der Waals surface area contributed by atoms with Crippen LogP contribution in [0.15, 0.2) is 78.9 Å². The molecular formula is C28H27N3O3. The number of hydrogen-bond acceptors (Lipinski definition) is 4. The van der Waals surface area contributed by atoms with Gasteiger partial charge < -0.3 is 15.1 Å². The van der Waals surface area contributed by atoms with Crippen molar-refractivity contribution in [3.8, 4) is 0 Å². The second-order valence-corrected chi connectivity index (χ2v) is 8.86. The second-order valence-electron chi connectivity index (χ2n) is 8.86. The smallest absolute Gasteiger partial charge is 0.255 e.